The van der Waals surface area contributed by atoms with Crippen molar-refractivity contribution in [1.29, 1.82) is 0 Å². The van der Waals surface area contributed by atoms with Gasteiger partial charge in [-0.3, -0.25) is 19.2 Å². The molecule has 3 aromatic carbocycles. The van der Waals surface area contributed by atoms with Gasteiger partial charge in [0.1, 0.15) is 18.7 Å². The molecule has 8 atom stereocenters. The minimum atomic E-state index is -2.32. The molecule has 6 amide bonds. The molecule has 6 rings (SSSR count). The molecule has 1 fully saturated rings. The number of aliphatic hydroxyl groups excluding tert-OH is 1. The first kappa shape index (κ1) is 58.6. The van der Waals surface area contributed by atoms with Gasteiger partial charge in [0.15, 0.2) is 0 Å². The molecule has 0 aromatic heterocycles. The van der Waals surface area contributed by atoms with Gasteiger partial charge in [0.2, 0.25) is 17.7 Å². The maximum absolute atomic E-state index is 14.1. The van der Waals surface area contributed by atoms with Gasteiger partial charge >= 0.3 is 311 Å². The summed E-state index contributed by atoms with van der Waals surface area (Å²) in [4.78, 5) is 121. The molecular formula is C53H65IN6O16. The zero-order valence-corrected chi connectivity index (χ0v) is 45.2. The van der Waals surface area contributed by atoms with Crippen molar-refractivity contribution < 1.29 is 77.4 Å². The quantitative estimate of drug-likeness (QED) is 0.0139. The van der Waals surface area contributed by atoms with E-state index in [0.717, 1.165) is 10.6 Å². The molecule has 3 aromatic rings. The summed E-state index contributed by atoms with van der Waals surface area (Å²) in [5, 5.41) is 41.1. The number of nitrogens with one attached hydrogen (secondary N) is 4. The number of nitrogens with two attached hydrogens (primary N) is 1. The zero-order chi connectivity index (χ0) is 55.5. The number of nitrogens with zero attached hydrogens (tertiary/aromatic N) is 1. The number of carbonyl (C=O) groups is 9. The first-order valence-electron chi connectivity index (χ1n) is 24.8. The van der Waals surface area contributed by atoms with Crippen molar-refractivity contribution >= 4 is 85.0 Å². The van der Waals surface area contributed by atoms with E-state index in [-0.39, 0.29) is 83.4 Å². The van der Waals surface area contributed by atoms with E-state index in [4.69, 9.17) is 24.7 Å². The Morgan fingerprint density at radius 3 is 2.28 bits per heavy atom. The van der Waals surface area contributed by atoms with Crippen molar-refractivity contribution in [2.24, 2.45) is 28.5 Å². The number of amides is 6. The molecule has 2 aliphatic carbocycles. The summed E-state index contributed by atoms with van der Waals surface area (Å²) in [5.41, 5.74) is 7.00. The Hall–Kier alpha value is -6.67. The Kier molecular flexibility index (Phi) is 20.3. The van der Waals surface area contributed by atoms with E-state index in [0.29, 0.717) is 28.4 Å². The van der Waals surface area contributed by atoms with Crippen molar-refractivity contribution in [2.45, 2.75) is 104 Å². The number of anilines is 1. The standard InChI is InChI=1S/C53H65IN6O16/c1-7-31-9-8-10-36-41(31)48(67)44-43(46(36)65)47(66)37-18-32(28(4)61)19-38(42(37)49(44)68)76-35-17-26(2)21-54(22-35)60-53(72)75-24-30-11-13-34(14-12-30)58-51(70)33(20-39(55)63)23-56-50(69)27(3)57-52(71)45(29(5)62)59-40(64)25-74-16-15-73-6/h8-14,23,26-27,29,32-33,35,38,45,62,66,68H,7,15-22,24-25H2,1-6H3,(H2,55,63)(H,57,71)(H,58,70)(H,59,64)(H,60,72)/t26-,27+,29?,32?,33?,35-,38+,45+/m1/s1. The number of phenolic OH excluding ortho intramolecular Hbond substituents is 2. The second kappa shape index (κ2) is 26.4. The maximum atomic E-state index is 14.1. The Morgan fingerprint density at radius 2 is 1.62 bits per heavy atom. The van der Waals surface area contributed by atoms with Gasteiger partial charge in [-0.25, -0.2) is 4.99 Å². The van der Waals surface area contributed by atoms with Gasteiger partial charge in [0.25, 0.3) is 5.91 Å². The molecule has 410 valence electrons. The molecule has 9 N–H and O–H groups in total. The van der Waals surface area contributed by atoms with Crippen LogP contribution in [0.4, 0.5) is 10.5 Å². The number of Topliss-reactive ketones (excluding diaryl/α,β-unsaturated/α-hetero) is 1. The predicted octanol–water partition coefficient (Wildman–Crippen LogP) is 3.46. The van der Waals surface area contributed by atoms with Crippen LogP contribution in [0.1, 0.15) is 114 Å². The molecular weight excluding hydrogens is 1100 g/mol. The summed E-state index contributed by atoms with van der Waals surface area (Å²) >= 11 is -2.32. The number of halogens is 1. The number of alkyl halides is 2. The number of ether oxygens (including phenoxy) is 4. The number of aryl methyl sites for hydroxylation is 1. The third kappa shape index (κ3) is 14.4. The predicted molar refractivity (Wildman–Crippen MR) is 283 cm³/mol. The topological polar surface area (TPSA) is 338 Å². The van der Waals surface area contributed by atoms with Gasteiger partial charge in [-0.05, 0) is 13.8 Å². The van der Waals surface area contributed by atoms with Crippen LogP contribution in [0.25, 0.3) is 0 Å². The molecule has 76 heavy (non-hydrogen) atoms. The average Bonchev–Trinajstić information content (AvgIpc) is 3.45. The van der Waals surface area contributed by atoms with Gasteiger partial charge in [-0.15, -0.1) is 0 Å². The first-order chi connectivity index (χ1) is 36.1. The van der Waals surface area contributed by atoms with Gasteiger partial charge in [-0.1, -0.05) is 0 Å². The number of methoxy groups -OCH3 is 1. The number of ketones is 3. The van der Waals surface area contributed by atoms with Gasteiger partial charge < -0.3 is 30.9 Å². The number of fused-ring (bicyclic) bond motifs is 3. The van der Waals surface area contributed by atoms with Gasteiger partial charge in [0, 0.05) is 7.11 Å². The average molecular weight is 1170 g/mol. The summed E-state index contributed by atoms with van der Waals surface area (Å²) in [5.74, 6) is -8.11. The fourth-order valence-electron chi connectivity index (χ4n) is 9.31. The Labute approximate surface area is 446 Å². The summed E-state index contributed by atoms with van der Waals surface area (Å²) in [6, 6.07) is 8.48. The third-order valence-electron chi connectivity index (χ3n) is 13.1. The van der Waals surface area contributed by atoms with Crippen LogP contribution < -0.4 is 25.2 Å². The number of phenols is 2. The molecule has 0 saturated carbocycles. The summed E-state index contributed by atoms with van der Waals surface area (Å²) in [6.07, 6.45) is -1.66. The van der Waals surface area contributed by atoms with Crippen LogP contribution in [-0.4, -0.2) is 135 Å². The van der Waals surface area contributed by atoms with Crippen molar-refractivity contribution in [1.82, 2.24) is 14.2 Å². The van der Waals surface area contributed by atoms with Crippen molar-refractivity contribution in [3.05, 3.63) is 87.0 Å². The number of aromatic hydroxyl groups is 2. The van der Waals surface area contributed by atoms with Gasteiger partial charge in [0.05, 0.1) is 19.3 Å². The number of benzene rings is 3. The Morgan fingerprint density at radius 1 is 0.908 bits per heavy atom. The molecule has 3 unspecified atom stereocenters. The number of primary amides is 1. The van der Waals surface area contributed by atoms with E-state index in [1.165, 1.54) is 46.1 Å². The van der Waals surface area contributed by atoms with E-state index >= 15 is 0 Å². The molecule has 0 spiro atoms. The van der Waals surface area contributed by atoms with E-state index in [9.17, 15) is 58.5 Å². The van der Waals surface area contributed by atoms with Crippen LogP contribution in [0.3, 0.4) is 0 Å². The van der Waals surface area contributed by atoms with Crippen LogP contribution >= 0.6 is 20.1 Å². The summed E-state index contributed by atoms with van der Waals surface area (Å²) in [7, 11) is 1.46. The molecule has 23 heteroatoms. The molecule has 0 bridgehead atoms. The molecule has 3 aliphatic rings. The zero-order valence-electron chi connectivity index (χ0n) is 43.1. The fraction of sp³-hybridized carbons (Fsp3) is 0.472. The van der Waals surface area contributed by atoms with Crippen LogP contribution in [0.15, 0.2) is 47.5 Å². The second-order valence-corrected chi connectivity index (χ2v) is 24.0. The molecule has 1 saturated heterocycles. The monoisotopic (exact) mass is 1170 g/mol. The molecule has 22 nitrogen and oxygen atoms in total. The normalized spacial score (nSPS) is 20.0. The van der Waals surface area contributed by atoms with Crippen molar-refractivity contribution in [2.75, 3.05) is 41.1 Å². The van der Waals surface area contributed by atoms with Crippen LogP contribution in [0, 0.1) is 17.8 Å². The van der Waals surface area contributed by atoms with Crippen LogP contribution in [0.2, 0.25) is 0 Å². The number of hydrogen-bond donors (Lipinski definition) is 8. The van der Waals surface area contributed by atoms with Crippen LogP contribution in [-0.2, 0) is 67.2 Å². The van der Waals surface area contributed by atoms with E-state index in [1.807, 2.05) is 13.8 Å². The molecule has 1 heterocycles. The van der Waals surface area contributed by atoms with Crippen molar-refractivity contribution in [3.8, 4) is 11.5 Å². The number of hydrogen-bond acceptors (Lipinski definition) is 16. The van der Waals surface area contributed by atoms with Crippen LogP contribution in [0.5, 0.6) is 11.5 Å². The minimum absolute atomic E-state index is 0.0410. The summed E-state index contributed by atoms with van der Waals surface area (Å²) < 4.78 is 26.5. The number of carbonyl (C=O) groups excluding carboxylic acids is 9. The van der Waals surface area contributed by atoms with Crippen molar-refractivity contribution in [3.63, 3.8) is 0 Å². The molecule has 0 radical (unpaired) electrons. The Balaban J connectivity index is 1.03. The van der Waals surface area contributed by atoms with E-state index in [2.05, 4.69) is 24.5 Å². The first-order valence-corrected chi connectivity index (χ1v) is 28.9. The summed E-state index contributed by atoms with van der Waals surface area (Å²) in [6.45, 7) is 7.69. The number of aliphatic imine (C=N–C) groups is 1. The SMILES string of the molecule is CCc1cccc2c1C(=O)c1c(O)c3c(c(O)c1C2=O)CC(C(C)=O)C[C@@H]3O[C@@H]1C[C@@H](C)CI(NC(=O)OCc2ccc(NC(=O)C(C=NC(=O)[C@H](C)NC(=O)[C@@H](NC(=O)COCCOC)C(C)O)CC(N)=O)cc2)C1. The Bertz CT molecular complexity index is 2770. The second-order valence-electron chi connectivity index (χ2n) is 19.1. The van der Waals surface area contributed by atoms with Gasteiger partial charge in [-0.2, -0.15) is 0 Å². The van der Waals surface area contributed by atoms with E-state index < -0.39 is 134 Å². The fourth-order valence-corrected chi connectivity index (χ4v) is 14.8. The number of rotatable bonds is 22. The number of aliphatic hydroxyl groups is 1. The molecule has 1 aliphatic heterocycles. The third-order valence-corrected chi connectivity index (χ3v) is 19.0. The van der Waals surface area contributed by atoms with E-state index in [1.54, 1.807) is 24.3 Å².